The summed E-state index contributed by atoms with van der Waals surface area (Å²) in [5.41, 5.74) is 2.16. The third-order valence-corrected chi connectivity index (χ3v) is 6.76. The Kier molecular flexibility index (Phi) is 4.65. The Morgan fingerprint density at radius 2 is 1.81 bits per heavy atom. The molecule has 9 nitrogen and oxygen atoms in total. The van der Waals surface area contributed by atoms with Gasteiger partial charge in [-0.25, -0.2) is 9.67 Å². The number of thiazole rings is 1. The van der Waals surface area contributed by atoms with E-state index in [0.29, 0.717) is 6.54 Å². The van der Waals surface area contributed by atoms with Crippen LogP contribution in [0.25, 0.3) is 10.2 Å². The molecule has 1 fully saturated rings. The van der Waals surface area contributed by atoms with Crippen molar-refractivity contribution in [3.63, 3.8) is 0 Å². The molecular weight excluding hydrogens is 414 g/mol. The highest BCUT2D eigenvalue weighted by molar-refractivity contribution is 7.22. The van der Waals surface area contributed by atoms with Crippen LogP contribution in [0, 0.1) is 0 Å². The molecule has 0 spiro atoms. The highest BCUT2D eigenvalue weighted by Gasteiger charge is 2.22. The van der Waals surface area contributed by atoms with Crippen LogP contribution in [0.4, 0.5) is 5.13 Å². The number of hydrogen-bond acceptors (Lipinski definition) is 9. The molecule has 31 heavy (non-hydrogen) atoms. The third kappa shape index (κ3) is 3.68. The van der Waals surface area contributed by atoms with Gasteiger partial charge in [0.25, 0.3) is 0 Å². The fourth-order valence-corrected chi connectivity index (χ4v) is 4.98. The molecule has 0 bridgehead atoms. The summed E-state index contributed by atoms with van der Waals surface area (Å²) in [4.78, 5) is 9.56. The second-order valence-corrected chi connectivity index (χ2v) is 8.68. The third-order valence-electron chi connectivity index (χ3n) is 5.67. The average Bonchev–Trinajstić information content (AvgIpc) is 3.54. The zero-order valence-corrected chi connectivity index (χ0v) is 17.7. The van der Waals surface area contributed by atoms with E-state index in [9.17, 15) is 0 Å². The van der Waals surface area contributed by atoms with Crippen LogP contribution >= 0.6 is 11.3 Å². The fourth-order valence-electron chi connectivity index (χ4n) is 3.96. The number of nitrogens with zero attached hydrogens (tertiary/aromatic N) is 7. The van der Waals surface area contributed by atoms with E-state index in [2.05, 4.69) is 43.5 Å². The predicted molar refractivity (Wildman–Crippen MR) is 117 cm³/mol. The van der Waals surface area contributed by atoms with Crippen molar-refractivity contribution >= 4 is 26.7 Å². The van der Waals surface area contributed by atoms with Crippen LogP contribution < -0.4 is 14.4 Å². The molecular formula is C21H21N7O2S. The number of ether oxygens (including phenoxy) is 2. The van der Waals surface area contributed by atoms with Gasteiger partial charge < -0.3 is 14.4 Å². The quantitative estimate of drug-likeness (QED) is 0.473. The maximum Gasteiger partial charge on any atom is 0.231 e. The molecule has 2 aromatic heterocycles. The lowest BCUT2D eigenvalue weighted by atomic mass is 10.2. The van der Waals surface area contributed by atoms with Gasteiger partial charge in [0, 0.05) is 26.2 Å². The Labute approximate surface area is 182 Å². The van der Waals surface area contributed by atoms with Crippen LogP contribution in [-0.4, -0.2) is 63.1 Å². The van der Waals surface area contributed by atoms with E-state index in [1.807, 2.05) is 28.9 Å². The minimum atomic E-state index is 0.276. The van der Waals surface area contributed by atoms with Crippen molar-refractivity contribution in [3.05, 3.63) is 53.9 Å². The number of hydrogen-bond donors (Lipinski definition) is 0. The van der Waals surface area contributed by atoms with Crippen LogP contribution in [0.5, 0.6) is 11.5 Å². The number of anilines is 1. The van der Waals surface area contributed by atoms with Crippen LogP contribution in [0.15, 0.2) is 42.5 Å². The molecule has 10 heteroatoms. The number of benzene rings is 2. The van der Waals surface area contributed by atoms with E-state index < -0.39 is 0 Å². The van der Waals surface area contributed by atoms with E-state index >= 15 is 0 Å². The molecule has 2 aliphatic heterocycles. The lowest BCUT2D eigenvalue weighted by Gasteiger charge is -2.34. The number of aromatic nitrogens is 5. The molecule has 0 radical (unpaired) electrons. The van der Waals surface area contributed by atoms with Gasteiger partial charge in [0.2, 0.25) is 6.79 Å². The molecule has 0 unspecified atom stereocenters. The topological polar surface area (TPSA) is 81.4 Å². The van der Waals surface area contributed by atoms with E-state index in [0.717, 1.165) is 66.3 Å². The maximum absolute atomic E-state index is 5.48. The van der Waals surface area contributed by atoms with Crippen LogP contribution in [0.1, 0.15) is 11.4 Å². The molecule has 0 N–H and O–H groups in total. The highest BCUT2D eigenvalue weighted by atomic mass is 32.1. The Morgan fingerprint density at radius 3 is 2.71 bits per heavy atom. The Bertz CT molecular complexity index is 1180. The Hall–Kier alpha value is -3.24. The molecule has 0 aliphatic carbocycles. The molecule has 0 amide bonds. The molecule has 2 aliphatic rings. The first-order valence-electron chi connectivity index (χ1n) is 10.3. The molecule has 0 saturated carbocycles. The SMILES string of the molecule is c1ccc2sc(N3CCN(Cc4nnnn4Cc4ccc5c(c4)OCO5)CC3)nc2c1. The maximum atomic E-state index is 5.48. The van der Waals surface area contributed by atoms with Crippen molar-refractivity contribution in [3.8, 4) is 11.5 Å². The van der Waals surface area contributed by atoms with Gasteiger partial charge in [-0.2, -0.15) is 0 Å². The van der Waals surface area contributed by atoms with Crippen LogP contribution in [-0.2, 0) is 13.1 Å². The predicted octanol–water partition coefficient (Wildman–Crippen LogP) is 2.38. The van der Waals surface area contributed by atoms with E-state index in [-0.39, 0.29) is 6.79 Å². The zero-order valence-electron chi connectivity index (χ0n) is 16.8. The minimum absolute atomic E-state index is 0.276. The summed E-state index contributed by atoms with van der Waals surface area (Å²) < 4.78 is 14.0. The summed E-state index contributed by atoms with van der Waals surface area (Å²) in [5, 5.41) is 13.5. The van der Waals surface area contributed by atoms with Gasteiger partial charge in [0.15, 0.2) is 22.5 Å². The second-order valence-electron chi connectivity index (χ2n) is 7.67. The number of piperazine rings is 1. The lowest BCUT2D eigenvalue weighted by molar-refractivity contribution is 0.174. The standard InChI is InChI=1S/C21H21N7O2S/c1-2-4-19-16(3-1)22-21(31-19)27-9-7-26(8-10-27)13-20-23-24-25-28(20)12-15-5-6-17-18(11-15)30-14-29-17/h1-6,11H,7-10,12-14H2. The highest BCUT2D eigenvalue weighted by Crippen LogP contribution is 2.33. The Balaban J connectivity index is 1.09. The van der Waals surface area contributed by atoms with Crippen LogP contribution in [0.3, 0.4) is 0 Å². The summed E-state index contributed by atoms with van der Waals surface area (Å²) >= 11 is 1.76. The van der Waals surface area contributed by atoms with Crippen molar-refractivity contribution in [1.82, 2.24) is 30.1 Å². The van der Waals surface area contributed by atoms with E-state index in [1.54, 1.807) is 11.3 Å². The summed E-state index contributed by atoms with van der Waals surface area (Å²) in [6.45, 7) is 5.40. The second kappa shape index (κ2) is 7.78. The lowest BCUT2D eigenvalue weighted by Crippen LogP contribution is -2.46. The summed E-state index contributed by atoms with van der Waals surface area (Å²) in [6.07, 6.45) is 0. The van der Waals surface area contributed by atoms with E-state index in [1.165, 1.54) is 4.70 Å². The van der Waals surface area contributed by atoms with Crippen molar-refractivity contribution in [1.29, 1.82) is 0 Å². The van der Waals surface area contributed by atoms with Gasteiger partial charge >= 0.3 is 0 Å². The molecule has 158 valence electrons. The van der Waals surface area contributed by atoms with Gasteiger partial charge in [0.1, 0.15) is 0 Å². The van der Waals surface area contributed by atoms with Crippen molar-refractivity contribution in [2.24, 2.45) is 0 Å². The van der Waals surface area contributed by atoms with Gasteiger partial charge in [-0.15, -0.1) is 5.10 Å². The Morgan fingerprint density at radius 1 is 0.935 bits per heavy atom. The van der Waals surface area contributed by atoms with Crippen molar-refractivity contribution in [2.45, 2.75) is 13.1 Å². The minimum Gasteiger partial charge on any atom is -0.454 e. The molecule has 0 atom stereocenters. The van der Waals surface area contributed by atoms with Crippen molar-refractivity contribution < 1.29 is 9.47 Å². The number of tetrazole rings is 1. The van der Waals surface area contributed by atoms with Gasteiger partial charge in [-0.05, 0) is 40.3 Å². The monoisotopic (exact) mass is 435 g/mol. The summed E-state index contributed by atoms with van der Waals surface area (Å²) in [5.74, 6) is 2.43. The molecule has 4 heterocycles. The normalized spacial score (nSPS) is 16.3. The number of para-hydroxylation sites is 1. The molecule has 6 rings (SSSR count). The number of fused-ring (bicyclic) bond motifs is 2. The zero-order chi connectivity index (χ0) is 20.6. The van der Waals surface area contributed by atoms with E-state index in [4.69, 9.17) is 14.5 Å². The summed E-state index contributed by atoms with van der Waals surface area (Å²) in [6, 6.07) is 14.3. The first-order valence-corrected chi connectivity index (χ1v) is 11.1. The molecule has 4 aromatic rings. The molecule has 1 saturated heterocycles. The number of rotatable bonds is 5. The smallest absolute Gasteiger partial charge is 0.231 e. The van der Waals surface area contributed by atoms with Crippen molar-refractivity contribution in [2.75, 3.05) is 37.9 Å². The molecule has 2 aromatic carbocycles. The summed E-state index contributed by atoms with van der Waals surface area (Å²) in [7, 11) is 0. The fraction of sp³-hybridized carbons (Fsp3) is 0.333. The van der Waals surface area contributed by atoms with Gasteiger partial charge in [-0.3, -0.25) is 4.90 Å². The first-order chi connectivity index (χ1) is 15.3. The average molecular weight is 436 g/mol. The van der Waals surface area contributed by atoms with Crippen LogP contribution in [0.2, 0.25) is 0 Å². The first kappa shape index (κ1) is 18.5. The van der Waals surface area contributed by atoms with Gasteiger partial charge in [-0.1, -0.05) is 29.5 Å². The largest absolute Gasteiger partial charge is 0.454 e. The van der Waals surface area contributed by atoms with Gasteiger partial charge in [0.05, 0.1) is 23.3 Å².